The summed E-state index contributed by atoms with van der Waals surface area (Å²) in [5.41, 5.74) is -0.280. The van der Waals surface area contributed by atoms with Crippen molar-refractivity contribution < 1.29 is 19.1 Å². The first-order valence-electron chi connectivity index (χ1n) is 6.46. The number of aromatic nitrogens is 1. The average molecular weight is 383 g/mol. The summed E-state index contributed by atoms with van der Waals surface area (Å²) in [5, 5.41) is 4.34. The number of halogens is 3. The van der Waals surface area contributed by atoms with Crippen LogP contribution < -0.4 is 10.6 Å². The number of nitrogens with zero attached hydrogens (tertiary/aromatic N) is 1. The molecular formula is C13H14Cl3N3O4. The molecule has 1 aromatic rings. The van der Waals surface area contributed by atoms with E-state index in [1.54, 1.807) is 0 Å². The number of nitrogens with one attached hydrogen (secondary N) is 2. The maximum Gasteiger partial charge on any atom is 0.359 e. The van der Waals surface area contributed by atoms with Crippen molar-refractivity contribution in [3.8, 4) is 0 Å². The van der Waals surface area contributed by atoms with Crippen molar-refractivity contribution in [2.24, 2.45) is 5.92 Å². The minimum Gasteiger partial charge on any atom is -0.451 e. The Morgan fingerprint density at radius 3 is 2.48 bits per heavy atom. The number of esters is 1. The molecule has 0 aromatic carbocycles. The molecule has 0 fully saturated rings. The minimum atomic E-state index is -0.966. The quantitative estimate of drug-likeness (QED) is 0.763. The molecule has 126 valence electrons. The molecule has 3 amide bonds. The second-order valence-corrected chi connectivity index (χ2v) is 5.97. The highest BCUT2D eigenvalue weighted by Crippen LogP contribution is 2.31. The van der Waals surface area contributed by atoms with Gasteiger partial charge in [0.25, 0.3) is 5.91 Å². The van der Waals surface area contributed by atoms with Crippen molar-refractivity contribution >= 4 is 52.7 Å². The fraction of sp³-hybridized carbons (Fsp3) is 0.385. The lowest BCUT2D eigenvalue weighted by Crippen LogP contribution is -2.42. The van der Waals surface area contributed by atoms with E-state index in [-0.39, 0.29) is 26.7 Å². The van der Waals surface area contributed by atoms with Crippen molar-refractivity contribution in [1.82, 2.24) is 15.6 Å². The third kappa shape index (κ3) is 6.21. The topological polar surface area (TPSA) is 97.4 Å². The zero-order valence-corrected chi connectivity index (χ0v) is 14.6. The van der Waals surface area contributed by atoms with Crippen LogP contribution in [-0.4, -0.2) is 36.0 Å². The predicted octanol–water partition coefficient (Wildman–Crippen LogP) is 2.68. The number of carbonyl (C=O) groups excluding carboxylic acids is 3. The van der Waals surface area contributed by atoms with Crippen LogP contribution in [0, 0.1) is 5.92 Å². The molecule has 0 atom stereocenters. The molecule has 0 saturated carbocycles. The second-order valence-electron chi connectivity index (χ2n) is 4.81. The van der Waals surface area contributed by atoms with E-state index in [0.717, 1.165) is 6.20 Å². The van der Waals surface area contributed by atoms with Crippen molar-refractivity contribution in [2.75, 3.05) is 13.2 Å². The smallest absolute Gasteiger partial charge is 0.359 e. The van der Waals surface area contributed by atoms with Crippen LogP contribution in [0.15, 0.2) is 6.20 Å². The van der Waals surface area contributed by atoms with Crippen LogP contribution in [0.1, 0.15) is 24.3 Å². The van der Waals surface area contributed by atoms with Crippen LogP contribution in [0.3, 0.4) is 0 Å². The summed E-state index contributed by atoms with van der Waals surface area (Å²) in [6, 6.07) is -0.676. The van der Waals surface area contributed by atoms with Crippen LogP contribution in [-0.2, 0) is 9.53 Å². The summed E-state index contributed by atoms with van der Waals surface area (Å²) >= 11 is 17.3. The van der Waals surface area contributed by atoms with E-state index in [2.05, 4.69) is 10.3 Å². The monoisotopic (exact) mass is 381 g/mol. The molecule has 0 saturated heterocycles. The van der Waals surface area contributed by atoms with Crippen molar-refractivity contribution in [1.29, 1.82) is 0 Å². The third-order valence-corrected chi connectivity index (χ3v) is 3.61. The highest BCUT2D eigenvalue weighted by atomic mass is 35.5. The summed E-state index contributed by atoms with van der Waals surface area (Å²) < 4.78 is 4.71. The van der Waals surface area contributed by atoms with Crippen LogP contribution in [0.4, 0.5) is 4.79 Å². The number of ether oxygens (including phenoxy) is 1. The number of imide groups is 1. The Morgan fingerprint density at radius 2 is 1.87 bits per heavy atom. The lowest BCUT2D eigenvalue weighted by molar-refractivity contribution is -0.123. The highest BCUT2D eigenvalue weighted by molar-refractivity contribution is 6.48. The minimum absolute atomic E-state index is 0.0483. The molecule has 1 rings (SSSR count). The number of rotatable bonds is 5. The summed E-state index contributed by atoms with van der Waals surface area (Å²) in [5.74, 6) is -1.53. The molecular weight excluding hydrogens is 369 g/mol. The van der Waals surface area contributed by atoms with E-state index < -0.39 is 24.5 Å². The molecule has 1 aromatic heterocycles. The highest BCUT2D eigenvalue weighted by Gasteiger charge is 2.19. The van der Waals surface area contributed by atoms with E-state index in [1.165, 1.54) is 0 Å². The second kappa shape index (κ2) is 8.90. The number of pyridine rings is 1. The first kappa shape index (κ1) is 19.5. The van der Waals surface area contributed by atoms with Gasteiger partial charge in [-0.2, -0.15) is 0 Å². The van der Waals surface area contributed by atoms with E-state index in [4.69, 9.17) is 39.5 Å². The fourth-order valence-corrected chi connectivity index (χ4v) is 1.85. The molecule has 7 nitrogen and oxygen atoms in total. The maximum absolute atomic E-state index is 11.8. The van der Waals surface area contributed by atoms with Gasteiger partial charge in [0, 0.05) is 12.7 Å². The molecule has 0 aliphatic carbocycles. The number of hydrogen-bond donors (Lipinski definition) is 2. The van der Waals surface area contributed by atoms with Crippen LogP contribution in [0.2, 0.25) is 15.1 Å². The van der Waals surface area contributed by atoms with Crippen molar-refractivity contribution in [2.45, 2.75) is 13.8 Å². The number of hydrogen-bond acceptors (Lipinski definition) is 5. The summed E-state index contributed by atoms with van der Waals surface area (Å²) in [6.07, 6.45) is 1.13. The third-order valence-electron chi connectivity index (χ3n) is 2.37. The fourth-order valence-electron chi connectivity index (χ4n) is 1.29. The van der Waals surface area contributed by atoms with Gasteiger partial charge >= 0.3 is 12.0 Å². The Hall–Kier alpha value is -1.57. The van der Waals surface area contributed by atoms with Gasteiger partial charge in [0.1, 0.15) is 0 Å². The Kier molecular flexibility index (Phi) is 7.54. The summed E-state index contributed by atoms with van der Waals surface area (Å²) in [6.45, 7) is 3.53. The van der Waals surface area contributed by atoms with Crippen LogP contribution in [0.25, 0.3) is 0 Å². The number of amides is 3. The lowest BCUT2D eigenvalue weighted by atomic mass is 10.2. The first-order chi connectivity index (χ1) is 10.7. The van der Waals surface area contributed by atoms with Gasteiger partial charge in [-0.3, -0.25) is 10.1 Å². The van der Waals surface area contributed by atoms with Gasteiger partial charge in [0.2, 0.25) is 0 Å². The largest absolute Gasteiger partial charge is 0.451 e. The van der Waals surface area contributed by atoms with Gasteiger partial charge in [-0.15, -0.1) is 0 Å². The van der Waals surface area contributed by atoms with Crippen LogP contribution in [0.5, 0.6) is 0 Å². The van der Waals surface area contributed by atoms with Gasteiger partial charge in [-0.25, -0.2) is 14.6 Å². The van der Waals surface area contributed by atoms with Crippen molar-refractivity contribution in [3.63, 3.8) is 0 Å². The van der Waals surface area contributed by atoms with Gasteiger partial charge < -0.3 is 10.1 Å². The molecule has 0 unspecified atom stereocenters. The molecule has 0 radical (unpaired) electrons. The molecule has 1 heterocycles. The Morgan fingerprint density at radius 1 is 1.22 bits per heavy atom. The molecule has 2 N–H and O–H groups in total. The van der Waals surface area contributed by atoms with Gasteiger partial charge in [-0.05, 0) is 5.92 Å². The molecule has 0 aliphatic rings. The normalized spacial score (nSPS) is 10.3. The van der Waals surface area contributed by atoms with Gasteiger partial charge in [-0.1, -0.05) is 48.7 Å². The van der Waals surface area contributed by atoms with E-state index in [9.17, 15) is 14.4 Å². The van der Waals surface area contributed by atoms with Gasteiger partial charge in [0.05, 0.1) is 15.1 Å². The zero-order chi connectivity index (χ0) is 17.6. The van der Waals surface area contributed by atoms with E-state index >= 15 is 0 Å². The molecule has 0 aliphatic heterocycles. The Labute approximate surface area is 147 Å². The molecule has 0 bridgehead atoms. The maximum atomic E-state index is 11.8. The predicted molar refractivity (Wildman–Crippen MR) is 85.9 cm³/mol. The SMILES string of the molecule is CC(C)CNC(=O)NC(=O)COC(=O)c1ncc(Cl)c(Cl)c1Cl. The molecule has 23 heavy (non-hydrogen) atoms. The summed E-state index contributed by atoms with van der Waals surface area (Å²) in [4.78, 5) is 38.3. The number of urea groups is 1. The number of carbonyl (C=O) groups is 3. The first-order valence-corrected chi connectivity index (χ1v) is 7.60. The van der Waals surface area contributed by atoms with E-state index in [1.807, 2.05) is 19.2 Å². The van der Waals surface area contributed by atoms with Gasteiger partial charge in [0.15, 0.2) is 12.3 Å². The molecule has 0 spiro atoms. The molecule has 10 heteroatoms. The van der Waals surface area contributed by atoms with E-state index in [0.29, 0.717) is 6.54 Å². The summed E-state index contributed by atoms with van der Waals surface area (Å²) in [7, 11) is 0. The Balaban J connectivity index is 2.52. The van der Waals surface area contributed by atoms with Crippen molar-refractivity contribution in [3.05, 3.63) is 27.0 Å². The average Bonchev–Trinajstić information content (AvgIpc) is 2.48. The standard InChI is InChI=1S/C13H14Cl3N3O4/c1-6(2)3-18-13(22)19-8(20)5-23-12(21)11-10(16)9(15)7(14)4-17-11/h4,6H,3,5H2,1-2H3,(H2,18,19,20,22). The van der Waals surface area contributed by atoms with Crippen LogP contribution >= 0.6 is 34.8 Å². The Bertz CT molecular complexity index is 623. The lowest BCUT2D eigenvalue weighted by Gasteiger charge is -2.09. The zero-order valence-electron chi connectivity index (χ0n) is 12.3.